The van der Waals surface area contributed by atoms with Crippen LogP contribution in [0.4, 0.5) is 4.79 Å². The molecule has 136 valence electrons. The summed E-state index contributed by atoms with van der Waals surface area (Å²) in [4.78, 5) is 25.3. The molecule has 0 radical (unpaired) electrons. The van der Waals surface area contributed by atoms with Crippen molar-refractivity contribution in [2.24, 2.45) is 5.73 Å². The Hall–Kier alpha value is -2.54. The molecule has 1 amide bonds. The van der Waals surface area contributed by atoms with E-state index in [0.717, 1.165) is 16.7 Å². The van der Waals surface area contributed by atoms with Crippen LogP contribution >= 0.6 is 0 Å². The summed E-state index contributed by atoms with van der Waals surface area (Å²) in [5.74, 6) is -1.34. The lowest BCUT2D eigenvalue weighted by atomic mass is 9.96. The van der Waals surface area contributed by atoms with Crippen molar-refractivity contribution in [3.63, 3.8) is 0 Å². The molecule has 3 N–H and O–H groups in total. The molecule has 7 nitrogen and oxygen atoms in total. The molecule has 2 atom stereocenters. The molecule has 0 spiro atoms. The maximum Gasteiger partial charge on any atom is 0.418 e. The van der Waals surface area contributed by atoms with E-state index >= 15 is 0 Å². The normalized spacial score (nSPS) is 20.9. The van der Waals surface area contributed by atoms with Gasteiger partial charge in [-0.05, 0) is 39.2 Å². The average Bonchev–Trinajstić information content (AvgIpc) is 2.98. The molecule has 1 unspecified atom stereocenters. The minimum Gasteiger partial charge on any atom is -0.477 e. The summed E-state index contributed by atoms with van der Waals surface area (Å²) in [7, 11) is 0. The fourth-order valence-corrected chi connectivity index (χ4v) is 2.61. The largest absolute Gasteiger partial charge is 0.477 e. The van der Waals surface area contributed by atoms with Crippen LogP contribution in [0.5, 0.6) is 0 Å². The van der Waals surface area contributed by atoms with E-state index in [1.54, 1.807) is 20.8 Å². The first kappa shape index (κ1) is 18.8. The Morgan fingerprint density at radius 1 is 1.32 bits per heavy atom. The number of aryl methyl sites for hydroxylation is 1. The monoisotopic (exact) mass is 348 g/mol. The van der Waals surface area contributed by atoms with Gasteiger partial charge in [0, 0.05) is 6.20 Å². The first-order valence-corrected chi connectivity index (χ1v) is 8.06. The number of amides is 1. The molecule has 0 saturated heterocycles. The van der Waals surface area contributed by atoms with Gasteiger partial charge in [0.1, 0.15) is 11.9 Å². The van der Waals surface area contributed by atoms with Gasteiger partial charge in [0.15, 0.2) is 0 Å². The number of carboxylic acid groups (broad SMARTS) is 1. The number of carbonyl (C=O) groups is 2. The molecule has 1 aromatic rings. The van der Waals surface area contributed by atoms with E-state index in [2.05, 4.69) is 0 Å². The number of rotatable bonds is 5. The Morgan fingerprint density at radius 2 is 1.96 bits per heavy atom. The summed E-state index contributed by atoms with van der Waals surface area (Å²) < 4.78 is 10.6. The van der Waals surface area contributed by atoms with Crippen molar-refractivity contribution in [3.05, 3.63) is 48.4 Å². The standard InChI is InChI=1S/C18H24N2O5/c1-17(2,3)25-16(23)20-11-12-24-18(20,15(21)22)14(19)10-9-13-7-5-4-6-8-13/h4-8,11-12,14H,9-10,19H2,1-3H3,(H,21,22)/t14-,18?/m1/s1. The van der Waals surface area contributed by atoms with Gasteiger partial charge in [-0.3, -0.25) is 0 Å². The number of benzene rings is 1. The fraction of sp³-hybridized carbons (Fsp3) is 0.444. The number of carbonyl (C=O) groups excluding carboxylic acids is 1. The summed E-state index contributed by atoms with van der Waals surface area (Å²) >= 11 is 0. The van der Waals surface area contributed by atoms with E-state index in [-0.39, 0.29) is 0 Å². The number of nitrogens with zero attached hydrogens (tertiary/aromatic N) is 1. The van der Waals surface area contributed by atoms with Crippen molar-refractivity contribution >= 4 is 12.1 Å². The van der Waals surface area contributed by atoms with E-state index in [1.165, 1.54) is 6.20 Å². The van der Waals surface area contributed by atoms with Gasteiger partial charge in [0.05, 0.1) is 6.04 Å². The van der Waals surface area contributed by atoms with Crippen LogP contribution < -0.4 is 5.73 Å². The SMILES string of the molecule is CC(C)(C)OC(=O)N1C=COC1(C(=O)O)[C@H](N)CCc1ccccc1. The van der Waals surface area contributed by atoms with Gasteiger partial charge in [-0.2, -0.15) is 0 Å². The first-order valence-electron chi connectivity index (χ1n) is 8.06. The number of hydrogen-bond donors (Lipinski definition) is 2. The second-order valence-corrected chi connectivity index (χ2v) is 6.89. The number of carboxylic acids is 1. The predicted octanol–water partition coefficient (Wildman–Crippen LogP) is 2.47. The van der Waals surface area contributed by atoms with Crippen LogP contribution in [0.3, 0.4) is 0 Å². The zero-order valence-electron chi connectivity index (χ0n) is 14.6. The van der Waals surface area contributed by atoms with Crippen molar-refractivity contribution in [2.75, 3.05) is 0 Å². The Morgan fingerprint density at radius 3 is 2.52 bits per heavy atom. The van der Waals surface area contributed by atoms with Crippen LogP contribution in [0.25, 0.3) is 0 Å². The lowest BCUT2D eigenvalue weighted by molar-refractivity contribution is -0.175. The maximum atomic E-state index is 12.4. The lowest BCUT2D eigenvalue weighted by Gasteiger charge is -2.37. The van der Waals surface area contributed by atoms with E-state index in [0.29, 0.717) is 12.8 Å². The Bertz CT molecular complexity index is 653. The minimum atomic E-state index is -2.02. The molecule has 25 heavy (non-hydrogen) atoms. The third kappa shape index (κ3) is 4.11. The van der Waals surface area contributed by atoms with Crippen molar-refractivity contribution in [3.8, 4) is 0 Å². The Kier molecular flexibility index (Phi) is 5.37. The highest BCUT2D eigenvalue weighted by Crippen LogP contribution is 2.31. The van der Waals surface area contributed by atoms with E-state index < -0.39 is 29.4 Å². The molecular weight excluding hydrogens is 324 g/mol. The van der Waals surface area contributed by atoms with Crippen LogP contribution in [0.15, 0.2) is 42.8 Å². The Balaban J connectivity index is 2.18. The summed E-state index contributed by atoms with van der Waals surface area (Å²) in [6.45, 7) is 5.09. The second-order valence-electron chi connectivity index (χ2n) is 6.89. The van der Waals surface area contributed by atoms with E-state index in [4.69, 9.17) is 15.2 Å². The molecule has 0 saturated carbocycles. The zero-order chi connectivity index (χ0) is 18.7. The van der Waals surface area contributed by atoms with Gasteiger partial charge in [0.25, 0.3) is 0 Å². The highest BCUT2D eigenvalue weighted by Gasteiger charge is 2.56. The molecule has 0 bridgehead atoms. The number of aliphatic carboxylic acids is 1. The smallest absolute Gasteiger partial charge is 0.418 e. The van der Waals surface area contributed by atoms with Gasteiger partial charge in [-0.1, -0.05) is 30.3 Å². The first-order chi connectivity index (χ1) is 11.7. The highest BCUT2D eigenvalue weighted by atomic mass is 16.6. The lowest BCUT2D eigenvalue weighted by Crippen LogP contribution is -2.64. The van der Waals surface area contributed by atoms with Crippen LogP contribution in [0, 0.1) is 0 Å². The molecule has 7 heteroatoms. The van der Waals surface area contributed by atoms with Crippen LogP contribution in [-0.2, 0) is 20.7 Å². The van der Waals surface area contributed by atoms with E-state index in [9.17, 15) is 14.7 Å². The Labute approximate surface area is 147 Å². The third-order valence-electron chi connectivity index (χ3n) is 3.80. The third-order valence-corrected chi connectivity index (χ3v) is 3.80. The predicted molar refractivity (Wildman–Crippen MR) is 91.4 cm³/mol. The maximum absolute atomic E-state index is 12.4. The fourth-order valence-electron chi connectivity index (χ4n) is 2.61. The van der Waals surface area contributed by atoms with Gasteiger partial charge >= 0.3 is 17.8 Å². The second kappa shape index (κ2) is 7.14. The number of nitrogens with two attached hydrogens (primary N) is 1. The van der Waals surface area contributed by atoms with Crippen molar-refractivity contribution in [2.45, 2.75) is 51.0 Å². The molecule has 0 fully saturated rings. The molecular formula is C18H24N2O5. The number of ether oxygens (including phenoxy) is 2. The highest BCUT2D eigenvalue weighted by molar-refractivity contribution is 5.85. The van der Waals surface area contributed by atoms with Crippen molar-refractivity contribution < 1.29 is 24.2 Å². The molecule has 1 aliphatic rings. The van der Waals surface area contributed by atoms with Crippen LogP contribution in [0.1, 0.15) is 32.8 Å². The topological polar surface area (TPSA) is 102 Å². The molecule has 1 heterocycles. The van der Waals surface area contributed by atoms with Crippen LogP contribution in [-0.4, -0.2) is 39.4 Å². The van der Waals surface area contributed by atoms with Gasteiger partial charge < -0.3 is 20.3 Å². The van der Waals surface area contributed by atoms with Crippen molar-refractivity contribution in [1.82, 2.24) is 4.90 Å². The summed E-state index contributed by atoms with van der Waals surface area (Å²) in [6, 6.07) is 8.60. The van der Waals surface area contributed by atoms with Crippen LogP contribution in [0.2, 0.25) is 0 Å². The van der Waals surface area contributed by atoms with E-state index in [1.807, 2.05) is 30.3 Å². The van der Waals surface area contributed by atoms with Gasteiger partial charge in [-0.15, -0.1) is 0 Å². The molecule has 0 aliphatic carbocycles. The summed E-state index contributed by atoms with van der Waals surface area (Å²) in [5, 5.41) is 9.75. The zero-order valence-corrected chi connectivity index (χ0v) is 14.6. The summed E-state index contributed by atoms with van der Waals surface area (Å²) in [6.07, 6.45) is 2.45. The van der Waals surface area contributed by atoms with Gasteiger partial charge in [0.2, 0.25) is 0 Å². The summed E-state index contributed by atoms with van der Waals surface area (Å²) in [5.41, 5.74) is 4.39. The molecule has 2 rings (SSSR count). The molecule has 0 aromatic heterocycles. The molecule has 1 aromatic carbocycles. The minimum absolute atomic E-state index is 0.317. The van der Waals surface area contributed by atoms with Gasteiger partial charge in [-0.25, -0.2) is 14.5 Å². The quantitative estimate of drug-likeness (QED) is 0.847. The number of hydrogen-bond acceptors (Lipinski definition) is 5. The van der Waals surface area contributed by atoms with Crippen molar-refractivity contribution in [1.29, 1.82) is 0 Å². The average molecular weight is 348 g/mol. The molecule has 1 aliphatic heterocycles.